The van der Waals surface area contributed by atoms with Gasteiger partial charge in [-0.1, -0.05) is 37.5 Å². The second kappa shape index (κ2) is 10.3. The van der Waals surface area contributed by atoms with Gasteiger partial charge in [0.2, 0.25) is 11.8 Å². The van der Waals surface area contributed by atoms with Gasteiger partial charge in [0.15, 0.2) is 0 Å². The Morgan fingerprint density at radius 2 is 1.92 bits per heavy atom. The number of amides is 2. The van der Waals surface area contributed by atoms with Crippen LogP contribution in [0.3, 0.4) is 0 Å². The van der Waals surface area contributed by atoms with Crippen molar-refractivity contribution >= 4 is 23.6 Å². The summed E-state index contributed by atoms with van der Waals surface area (Å²) in [5.74, 6) is 1.47. The molecule has 138 valence electrons. The van der Waals surface area contributed by atoms with Crippen molar-refractivity contribution in [1.82, 2.24) is 10.2 Å². The van der Waals surface area contributed by atoms with E-state index in [-0.39, 0.29) is 11.8 Å². The maximum atomic E-state index is 12.2. The van der Waals surface area contributed by atoms with Crippen molar-refractivity contribution in [2.45, 2.75) is 44.7 Å². The van der Waals surface area contributed by atoms with Gasteiger partial charge in [-0.2, -0.15) is 0 Å². The highest BCUT2D eigenvalue weighted by Crippen LogP contribution is 2.22. The highest BCUT2D eigenvalue weighted by Gasteiger charge is 2.21. The van der Waals surface area contributed by atoms with E-state index in [2.05, 4.69) is 5.32 Å². The molecule has 1 saturated carbocycles. The number of para-hydroxylation sites is 1. The van der Waals surface area contributed by atoms with Crippen LogP contribution in [0, 0.1) is 0 Å². The lowest BCUT2D eigenvalue weighted by Crippen LogP contribution is -2.39. The molecule has 5 nitrogen and oxygen atoms in total. The Balaban J connectivity index is 1.67. The molecule has 1 aromatic carbocycles. The van der Waals surface area contributed by atoms with Crippen molar-refractivity contribution in [3.63, 3.8) is 0 Å². The number of thioether (sulfide) groups is 1. The molecule has 0 spiro atoms. The zero-order valence-electron chi connectivity index (χ0n) is 15.1. The Labute approximate surface area is 154 Å². The van der Waals surface area contributed by atoms with Gasteiger partial charge in [-0.3, -0.25) is 9.59 Å². The van der Waals surface area contributed by atoms with Crippen LogP contribution < -0.4 is 10.1 Å². The highest BCUT2D eigenvalue weighted by atomic mass is 32.2. The molecule has 2 rings (SSSR count). The Hall–Kier alpha value is -1.69. The molecular formula is C19H28N2O3S. The van der Waals surface area contributed by atoms with Crippen LogP contribution in [0.4, 0.5) is 0 Å². The maximum absolute atomic E-state index is 12.2. The van der Waals surface area contributed by atoms with Gasteiger partial charge in [0.1, 0.15) is 5.75 Å². The summed E-state index contributed by atoms with van der Waals surface area (Å²) in [6, 6.07) is 7.99. The van der Waals surface area contributed by atoms with Gasteiger partial charge in [-0.05, 0) is 18.9 Å². The number of carbonyl (C=O) groups is 2. The van der Waals surface area contributed by atoms with Gasteiger partial charge in [0.05, 0.1) is 18.6 Å². The quantitative estimate of drug-likeness (QED) is 0.771. The maximum Gasteiger partial charge on any atom is 0.232 e. The van der Waals surface area contributed by atoms with Crippen LogP contribution in [0.5, 0.6) is 5.75 Å². The van der Waals surface area contributed by atoms with Crippen LogP contribution in [0.1, 0.15) is 37.7 Å². The topological polar surface area (TPSA) is 58.6 Å². The third-order valence-electron chi connectivity index (χ3n) is 4.64. The molecule has 2 amide bonds. The van der Waals surface area contributed by atoms with Gasteiger partial charge in [0, 0.05) is 25.2 Å². The monoisotopic (exact) mass is 364 g/mol. The number of nitrogens with one attached hydrogen (secondary N) is 1. The molecule has 1 aliphatic carbocycles. The summed E-state index contributed by atoms with van der Waals surface area (Å²) < 4.78 is 5.27. The molecule has 1 aromatic rings. The lowest BCUT2D eigenvalue weighted by Gasteiger charge is -2.31. The van der Waals surface area contributed by atoms with Crippen molar-refractivity contribution in [1.29, 1.82) is 0 Å². The zero-order valence-corrected chi connectivity index (χ0v) is 15.9. The van der Waals surface area contributed by atoms with E-state index in [4.69, 9.17) is 4.74 Å². The summed E-state index contributed by atoms with van der Waals surface area (Å²) in [7, 11) is 3.51. The lowest BCUT2D eigenvalue weighted by atomic mass is 9.94. The summed E-state index contributed by atoms with van der Waals surface area (Å²) >= 11 is 1.37. The smallest absolute Gasteiger partial charge is 0.232 e. The van der Waals surface area contributed by atoms with Gasteiger partial charge < -0.3 is 15.0 Å². The molecule has 0 aromatic heterocycles. The average molecular weight is 365 g/mol. The summed E-state index contributed by atoms with van der Waals surface area (Å²) in [5, 5.41) is 2.88. The predicted molar refractivity (Wildman–Crippen MR) is 102 cm³/mol. The van der Waals surface area contributed by atoms with Crippen LogP contribution in [0.25, 0.3) is 0 Å². The van der Waals surface area contributed by atoms with Crippen molar-refractivity contribution in [3.05, 3.63) is 29.8 Å². The summed E-state index contributed by atoms with van der Waals surface area (Å²) in [4.78, 5) is 26.1. The zero-order chi connectivity index (χ0) is 18.1. The van der Waals surface area contributed by atoms with Crippen molar-refractivity contribution in [2.24, 2.45) is 0 Å². The Morgan fingerprint density at radius 3 is 2.64 bits per heavy atom. The fraction of sp³-hybridized carbons (Fsp3) is 0.579. The minimum atomic E-state index is -0.0657. The summed E-state index contributed by atoms with van der Waals surface area (Å²) in [5.41, 5.74) is 0.941. The van der Waals surface area contributed by atoms with E-state index in [9.17, 15) is 9.59 Å². The van der Waals surface area contributed by atoms with Gasteiger partial charge >= 0.3 is 0 Å². The average Bonchev–Trinajstić information content (AvgIpc) is 2.66. The van der Waals surface area contributed by atoms with E-state index in [1.807, 2.05) is 36.2 Å². The summed E-state index contributed by atoms with van der Waals surface area (Å²) in [6.07, 6.45) is 5.90. The molecule has 1 N–H and O–H groups in total. The van der Waals surface area contributed by atoms with Gasteiger partial charge in [0.25, 0.3) is 0 Å². The molecule has 0 unspecified atom stereocenters. The van der Waals surface area contributed by atoms with Crippen LogP contribution in [-0.2, 0) is 16.1 Å². The first-order chi connectivity index (χ1) is 12.1. The number of carbonyl (C=O) groups excluding carboxylic acids is 2. The molecule has 0 atom stereocenters. The molecular weight excluding hydrogens is 336 g/mol. The number of rotatable bonds is 8. The number of nitrogens with zero attached hydrogens (tertiary/aromatic N) is 1. The van der Waals surface area contributed by atoms with E-state index in [0.29, 0.717) is 24.1 Å². The van der Waals surface area contributed by atoms with E-state index < -0.39 is 0 Å². The Morgan fingerprint density at radius 1 is 1.20 bits per heavy atom. The molecule has 1 fully saturated rings. The van der Waals surface area contributed by atoms with Crippen LogP contribution in [0.2, 0.25) is 0 Å². The van der Waals surface area contributed by atoms with Gasteiger partial charge in [-0.25, -0.2) is 0 Å². The van der Waals surface area contributed by atoms with Crippen LogP contribution in [-0.4, -0.2) is 48.4 Å². The fourth-order valence-electron chi connectivity index (χ4n) is 3.10. The second-order valence-corrected chi connectivity index (χ2v) is 7.36. The van der Waals surface area contributed by atoms with E-state index >= 15 is 0 Å². The Kier molecular flexibility index (Phi) is 8.12. The Bertz CT molecular complexity index is 574. The number of benzene rings is 1. The van der Waals surface area contributed by atoms with E-state index in [0.717, 1.165) is 24.2 Å². The standard InChI is InChI=1S/C19H28N2O3S/c1-21(16-9-4-3-5-10-16)19(23)14-25-13-18(22)20-12-15-8-6-7-11-17(15)24-2/h6-8,11,16H,3-5,9-10,12-14H2,1-2H3,(H,20,22). The molecule has 0 saturated heterocycles. The molecule has 1 aliphatic rings. The second-order valence-electron chi connectivity index (χ2n) is 6.38. The van der Waals surface area contributed by atoms with Crippen molar-refractivity contribution < 1.29 is 14.3 Å². The predicted octanol–water partition coefficient (Wildman–Crippen LogP) is 2.84. The van der Waals surface area contributed by atoms with Crippen LogP contribution >= 0.6 is 11.8 Å². The van der Waals surface area contributed by atoms with E-state index in [1.165, 1.54) is 31.0 Å². The summed E-state index contributed by atoms with van der Waals surface area (Å²) in [6.45, 7) is 0.430. The van der Waals surface area contributed by atoms with Crippen LogP contribution in [0.15, 0.2) is 24.3 Å². The molecule has 25 heavy (non-hydrogen) atoms. The minimum Gasteiger partial charge on any atom is -0.496 e. The SMILES string of the molecule is COc1ccccc1CNC(=O)CSCC(=O)N(C)C1CCCCC1. The third kappa shape index (κ3) is 6.27. The van der Waals surface area contributed by atoms with Gasteiger partial charge in [-0.15, -0.1) is 11.8 Å². The third-order valence-corrected chi connectivity index (χ3v) is 5.56. The lowest BCUT2D eigenvalue weighted by molar-refractivity contribution is -0.129. The molecule has 0 radical (unpaired) electrons. The molecule has 0 bridgehead atoms. The molecule has 0 aliphatic heterocycles. The normalized spacial score (nSPS) is 14.8. The first-order valence-corrected chi connectivity index (χ1v) is 9.99. The first-order valence-electron chi connectivity index (χ1n) is 8.84. The van der Waals surface area contributed by atoms with Crippen molar-refractivity contribution in [2.75, 3.05) is 25.7 Å². The largest absolute Gasteiger partial charge is 0.496 e. The fourth-order valence-corrected chi connectivity index (χ4v) is 3.87. The molecule has 6 heteroatoms. The highest BCUT2D eigenvalue weighted by molar-refractivity contribution is 8.00. The number of hydrogen-bond donors (Lipinski definition) is 1. The molecule has 0 heterocycles. The van der Waals surface area contributed by atoms with E-state index in [1.54, 1.807) is 7.11 Å². The number of methoxy groups -OCH3 is 1. The minimum absolute atomic E-state index is 0.0657. The number of hydrogen-bond acceptors (Lipinski definition) is 4. The number of ether oxygens (including phenoxy) is 1. The van der Waals surface area contributed by atoms with Crippen molar-refractivity contribution in [3.8, 4) is 5.75 Å². The first kappa shape index (κ1) is 19.6.